The predicted octanol–water partition coefficient (Wildman–Crippen LogP) is 2.63. The van der Waals surface area contributed by atoms with Gasteiger partial charge in [0.1, 0.15) is 0 Å². The van der Waals surface area contributed by atoms with E-state index in [0.717, 1.165) is 16.6 Å². The van der Waals surface area contributed by atoms with Crippen LogP contribution in [0.5, 0.6) is 0 Å². The summed E-state index contributed by atoms with van der Waals surface area (Å²) in [5.74, 6) is 0.0131. The van der Waals surface area contributed by atoms with Gasteiger partial charge in [-0.15, -0.1) is 0 Å². The van der Waals surface area contributed by atoms with Gasteiger partial charge in [0.2, 0.25) is 0 Å². The summed E-state index contributed by atoms with van der Waals surface area (Å²) in [6.45, 7) is 2.39. The van der Waals surface area contributed by atoms with Crippen molar-refractivity contribution in [3.8, 4) is 0 Å². The van der Waals surface area contributed by atoms with Crippen LogP contribution in [0.15, 0.2) is 30.6 Å². The van der Waals surface area contributed by atoms with E-state index in [4.69, 9.17) is 4.74 Å². The predicted molar refractivity (Wildman–Crippen MR) is 67.8 cm³/mol. The second-order valence-corrected chi connectivity index (χ2v) is 4.58. The molecule has 0 saturated carbocycles. The lowest BCUT2D eigenvalue weighted by Gasteiger charge is -2.16. The molecular formula is C12H11BrN2O2. The van der Waals surface area contributed by atoms with Crippen LogP contribution in [0.4, 0.5) is 0 Å². The van der Waals surface area contributed by atoms with Crippen LogP contribution in [0, 0.1) is 0 Å². The summed E-state index contributed by atoms with van der Waals surface area (Å²) in [6, 6.07) is 5.71. The summed E-state index contributed by atoms with van der Waals surface area (Å²) in [5, 5.41) is -0.358. The summed E-state index contributed by atoms with van der Waals surface area (Å²) in [5.41, 5.74) is 2.66. The van der Waals surface area contributed by atoms with Gasteiger partial charge in [0.15, 0.2) is 5.01 Å². The molecule has 0 N–H and O–H groups in total. The van der Waals surface area contributed by atoms with E-state index in [1.165, 1.54) is 0 Å². The number of ether oxygens (including phenoxy) is 1. The largest absolute Gasteiger partial charge is 0.452 e. The molecule has 17 heavy (non-hydrogen) atoms. The maximum absolute atomic E-state index is 10.3. The van der Waals surface area contributed by atoms with E-state index in [1.807, 2.05) is 25.1 Å². The number of fused-ring (bicyclic) bond motifs is 1. The van der Waals surface area contributed by atoms with Crippen LogP contribution < -0.4 is 0 Å². The molecule has 0 fully saturated rings. The normalized spacial score (nSPS) is 14.2. The Labute approximate surface area is 107 Å². The molecule has 0 radical (unpaired) electrons. The SMILES string of the molecule is CC(c1cnc2cccnc2c1)C(Br)OC=O. The van der Waals surface area contributed by atoms with Crippen LogP contribution in [0.25, 0.3) is 11.0 Å². The van der Waals surface area contributed by atoms with Crippen molar-refractivity contribution in [2.24, 2.45) is 0 Å². The minimum absolute atomic E-state index is 0.0131. The van der Waals surface area contributed by atoms with Gasteiger partial charge in [-0.3, -0.25) is 14.8 Å². The molecule has 2 aromatic rings. The number of carbonyl (C=O) groups is 1. The molecule has 0 aliphatic carbocycles. The topological polar surface area (TPSA) is 52.1 Å². The number of rotatable bonds is 4. The first-order valence-electron chi connectivity index (χ1n) is 5.16. The summed E-state index contributed by atoms with van der Waals surface area (Å²) in [4.78, 5) is 18.8. The lowest BCUT2D eigenvalue weighted by molar-refractivity contribution is -0.130. The molecule has 88 valence electrons. The average molecular weight is 295 g/mol. The Balaban J connectivity index is 2.32. The third kappa shape index (κ3) is 2.61. The minimum atomic E-state index is -0.358. The molecule has 2 atom stereocenters. The number of carbonyl (C=O) groups excluding carboxylic acids is 1. The van der Waals surface area contributed by atoms with Crippen LogP contribution in [0.1, 0.15) is 18.4 Å². The lowest BCUT2D eigenvalue weighted by atomic mass is 10.0. The Morgan fingerprint density at radius 1 is 1.41 bits per heavy atom. The Bertz CT molecular complexity index is 533. The quantitative estimate of drug-likeness (QED) is 0.642. The highest BCUT2D eigenvalue weighted by molar-refractivity contribution is 9.09. The third-order valence-electron chi connectivity index (χ3n) is 2.58. The number of alkyl halides is 1. The van der Waals surface area contributed by atoms with Gasteiger partial charge in [-0.05, 0) is 39.7 Å². The molecule has 0 aliphatic rings. The standard InChI is InChI=1S/C12H11BrN2O2/c1-8(12(13)17-7-16)9-5-11-10(15-6-9)3-2-4-14-11/h2-8,12H,1H3. The summed E-state index contributed by atoms with van der Waals surface area (Å²) in [7, 11) is 0. The van der Waals surface area contributed by atoms with E-state index in [1.54, 1.807) is 12.4 Å². The first-order chi connectivity index (χ1) is 8.22. The van der Waals surface area contributed by atoms with Crippen molar-refractivity contribution in [3.63, 3.8) is 0 Å². The van der Waals surface area contributed by atoms with Gasteiger partial charge in [0, 0.05) is 18.3 Å². The van der Waals surface area contributed by atoms with Gasteiger partial charge in [0.05, 0.1) is 11.0 Å². The van der Waals surface area contributed by atoms with Crippen LogP contribution in [0.3, 0.4) is 0 Å². The van der Waals surface area contributed by atoms with Crippen molar-refractivity contribution in [2.75, 3.05) is 0 Å². The van der Waals surface area contributed by atoms with Gasteiger partial charge >= 0.3 is 0 Å². The maximum Gasteiger partial charge on any atom is 0.294 e. The molecule has 2 unspecified atom stereocenters. The number of pyridine rings is 2. The second kappa shape index (κ2) is 5.23. The van der Waals surface area contributed by atoms with Crippen molar-refractivity contribution in [2.45, 2.75) is 17.9 Å². The Morgan fingerprint density at radius 3 is 3.00 bits per heavy atom. The summed E-state index contributed by atoms with van der Waals surface area (Å²) in [6.07, 6.45) is 3.50. The number of hydrogen-bond donors (Lipinski definition) is 0. The fourth-order valence-corrected chi connectivity index (χ4v) is 1.93. The highest BCUT2D eigenvalue weighted by Crippen LogP contribution is 2.26. The fraction of sp³-hybridized carbons (Fsp3) is 0.250. The average Bonchev–Trinajstić information content (AvgIpc) is 2.37. The number of aromatic nitrogens is 2. The summed E-state index contributed by atoms with van der Waals surface area (Å²) >= 11 is 3.30. The Morgan fingerprint density at radius 2 is 2.24 bits per heavy atom. The third-order valence-corrected chi connectivity index (χ3v) is 3.59. The minimum Gasteiger partial charge on any atom is -0.452 e. The molecule has 2 rings (SSSR count). The number of halogens is 1. The van der Waals surface area contributed by atoms with Crippen molar-refractivity contribution in [1.82, 2.24) is 9.97 Å². The molecule has 0 bridgehead atoms. The van der Waals surface area contributed by atoms with E-state index in [-0.39, 0.29) is 10.9 Å². The first-order valence-corrected chi connectivity index (χ1v) is 6.08. The highest BCUT2D eigenvalue weighted by Gasteiger charge is 2.17. The van der Waals surface area contributed by atoms with Crippen LogP contribution in [0.2, 0.25) is 0 Å². The van der Waals surface area contributed by atoms with Crippen molar-refractivity contribution in [1.29, 1.82) is 0 Å². The molecule has 4 nitrogen and oxygen atoms in total. The smallest absolute Gasteiger partial charge is 0.294 e. The zero-order chi connectivity index (χ0) is 12.3. The van der Waals surface area contributed by atoms with Gasteiger partial charge < -0.3 is 4.74 Å². The molecule has 0 aromatic carbocycles. The molecule has 0 aliphatic heterocycles. The molecule has 0 saturated heterocycles. The van der Waals surface area contributed by atoms with E-state index < -0.39 is 0 Å². The molecule has 2 aromatic heterocycles. The van der Waals surface area contributed by atoms with Crippen molar-refractivity contribution < 1.29 is 9.53 Å². The van der Waals surface area contributed by atoms with Crippen LogP contribution in [-0.4, -0.2) is 21.5 Å². The summed E-state index contributed by atoms with van der Waals surface area (Å²) < 4.78 is 4.86. The van der Waals surface area contributed by atoms with Gasteiger partial charge in [0.25, 0.3) is 6.47 Å². The second-order valence-electron chi connectivity index (χ2n) is 3.68. The molecule has 0 spiro atoms. The van der Waals surface area contributed by atoms with Gasteiger partial charge in [-0.2, -0.15) is 0 Å². The highest BCUT2D eigenvalue weighted by atomic mass is 79.9. The van der Waals surface area contributed by atoms with Crippen molar-refractivity contribution >= 4 is 33.4 Å². The lowest BCUT2D eigenvalue weighted by Crippen LogP contribution is -2.12. The van der Waals surface area contributed by atoms with E-state index in [0.29, 0.717) is 6.47 Å². The first kappa shape index (κ1) is 12.0. The van der Waals surface area contributed by atoms with Crippen molar-refractivity contribution in [3.05, 3.63) is 36.2 Å². The van der Waals surface area contributed by atoms with E-state index in [9.17, 15) is 4.79 Å². The molecule has 2 heterocycles. The molecular weight excluding hydrogens is 284 g/mol. The molecule has 0 amide bonds. The van der Waals surface area contributed by atoms with E-state index >= 15 is 0 Å². The van der Waals surface area contributed by atoms with Crippen LogP contribution >= 0.6 is 15.9 Å². The van der Waals surface area contributed by atoms with Gasteiger partial charge in [-0.25, -0.2) is 0 Å². The Kier molecular flexibility index (Phi) is 3.68. The Hall–Kier alpha value is -1.49. The molecule has 5 heteroatoms. The zero-order valence-corrected chi connectivity index (χ0v) is 10.8. The number of nitrogens with zero attached hydrogens (tertiary/aromatic N) is 2. The maximum atomic E-state index is 10.3. The van der Waals surface area contributed by atoms with E-state index in [2.05, 4.69) is 25.9 Å². The fourth-order valence-electron chi connectivity index (χ4n) is 1.54. The van der Waals surface area contributed by atoms with Crippen LogP contribution in [-0.2, 0) is 9.53 Å². The van der Waals surface area contributed by atoms with Gasteiger partial charge in [-0.1, -0.05) is 6.92 Å². The number of hydrogen-bond acceptors (Lipinski definition) is 4. The zero-order valence-electron chi connectivity index (χ0n) is 9.21. The monoisotopic (exact) mass is 294 g/mol.